The molecule has 2 heterocycles. The first-order chi connectivity index (χ1) is 14.2. The van der Waals surface area contributed by atoms with Crippen molar-refractivity contribution in [3.63, 3.8) is 0 Å². The molecule has 0 bridgehead atoms. The summed E-state index contributed by atoms with van der Waals surface area (Å²) in [7, 11) is 1.63. The topological polar surface area (TPSA) is 85.5 Å². The van der Waals surface area contributed by atoms with Crippen molar-refractivity contribution in [3.8, 4) is 5.75 Å². The Labute approximate surface area is 172 Å². The minimum absolute atomic E-state index is 0.227. The van der Waals surface area contributed by atoms with Crippen LogP contribution in [0.2, 0.25) is 0 Å². The van der Waals surface area contributed by atoms with E-state index in [1.165, 1.54) is 16.7 Å². The molecule has 148 valence electrons. The number of thioether (sulfide) groups is 1. The summed E-state index contributed by atoms with van der Waals surface area (Å²) in [5.74, 6) is 1.55. The van der Waals surface area contributed by atoms with Gasteiger partial charge in [0.25, 0.3) is 17.0 Å². The molecular formula is C21H19N3O4S. The van der Waals surface area contributed by atoms with E-state index in [-0.39, 0.29) is 11.8 Å². The number of methoxy groups -OCH3 is 1. The number of carbonyl (C=O) groups is 2. The third kappa shape index (κ3) is 4.17. The van der Waals surface area contributed by atoms with Crippen molar-refractivity contribution in [3.05, 3.63) is 71.1 Å². The van der Waals surface area contributed by atoms with E-state index in [4.69, 9.17) is 9.15 Å². The van der Waals surface area contributed by atoms with E-state index in [1.54, 1.807) is 31.4 Å². The average Bonchev–Trinajstić information content (AvgIpc) is 3.29. The fraction of sp³-hybridized carbons (Fsp3) is 0.238. The first kappa shape index (κ1) is 19.2. The number of aromatic nitrogens is 2. The lowest BCUT2D eigenvalue weighted by Crippen LogP contribution is -2.30. The molecule has 0 saturated heterocycles. The van der Waals surface area contributed by atoms with Crippen LogP contribution in [0, 0.1) is 0 Å². The van der Waals surface area contributed by atoms with Gasteiger partial charge in [0.15, 0.2) is 0 Å². The molecule has 1 aliphatic rings. The Kier molecular flexibility index (Phi) is 5.62. The Morgan fingerprint density at radius 2 is 1.69 bits per heavy atom. The van der Waals surface area contributed by atoms with Gasteiger partial charge >= 0.3 is 0 Å². The number of imide groups is 1. The maximum absolute atomic E-state index is 12.3. The highest BCUT2D eigenvalue weighted by Gasteiger charge is 2.34. The van der Waals surface area contributed by atoms with Crippen LogP contribution in [-0.2, 0) is 6.42 Å². The van der Waals surface area contributed by atoms with Crippen molar-refractivity contribution in [1.82, 2.24) is 15.1 Å². The molecular weight excluding hydrogens is 390 g/mol. The van der Waals surface area contributed by atoms with E-state index >= 15 is 0 Å². The molecule has 4 rings (SSSR count). The van der Waals surface area contributed by atoms with Crippen molar-refractivity contribution in [2.75, 3.05) is 19.4 Å². The molecule has 7 nitrogen and oxygen atoms in total. The van der Waals surface area contributed by atoms with Gasteiger partial charge in [0.1, 0.15) is 5.75 Å². The largest absolute Gasteiger partial charge is 0.497 e. The normalized spacial score (nSPS) is 13.1. The van der Waals surface area contributed by atoms with Gasteiger partial charge < -0.3 is 9.15 Å². The van der Waals surface area contributed by atoms with Crippen molar-refractivity contribution < 1.29 is 18.7 Å². The first-order valence-electron chi connectivity index (χ1n) is 9.19. The number of nitrogens with zero attached hydrogens (tertiary/aromatic N) is 3. The van der Waals surface area contributed by atoms with Gasteiger partial charge in [-0.1, -0.05) is 36.0 Å². The van der Waals surface area contributed by atoms with E-state index in [9.17, 15) is 9.59 Å². The van der Waals surface area contributed by atoms with Crippen LogP contribution in [0.1, 0.15) is 38.6 Å². The SMILES string of the molecule is COc1ccc(Cc2nnc(SCCCN3C(=O)c4ccccc4C3=O)o2)cc1. The Hall–Kier alpha value is -3.13. The predicted octanol–water partition coefficient (Wildman–Crippen LogP) is 3.45. The van der Waals surface area contributed by atoms with E-state index in [0.29, 0.717) is 47.4 Å². The molecule has 0 radical (unpaired) electrons. The van der Waals surface area contributed by atoms with Crippen LogP contribution in [0.15, 0.2) is 58.2 Å². The molecule has 0 aliphatic carbocycles. The van der Waals surface area contributed by atoms with Crippen LogP contribution in [0.3, 0.4) is 0 Å². The summed E-state index contributed by atoms with van der Waals surface area (Å²) >= 11 is 1.42. The van der Waals surface area contributed by atoms with E-state index in [2.05, 4.69) is 10.2 Å². The molecule has 3 aromatic rings. The number of rotatable bonds is 8. The highest BCUT2D eigenvalue weighted by Crippen LogP contribution is 2.24. The fourth-order valence-electron chi connectivity index (χ4n) is 3.11. The third-order valence-corrected chi connectivity index (χ3v) is 5.50. The minimum Gasteiger partial charge on any atom is -0.497 e. The first-order valence-corrected chi connectivity index (χ1v) is 10.2. The molecule has 0 unspecified atom stereocenters. The maximum atomic E-state index is 12.3. The molecule has 0 fully saturated rings. The summed E-state index contributed by atoms with van der Waals surface area (Å²) in [4.78, 5) is 26.0. The molecule has 1 aliphatic heterocycles. The quantitative estimate of drug-likeness (QED) is 0.320. The van der Waals surface area contributed by atoms with Crippen LogP contribution >= 0.6 is 11.8 Å². The molecule has 8 heteroatoms. The monoisotopic (exact) mass is 409 g/mol. The van der Waals surface area contributed by atoms with Gasteiger partial charge in [0, 0.05) is 12.3 Å². The van der Waals surface area contributed by atoms with Gasteiger partial charge in [-0.2, -0.15) is 0 Å². The lowest BCUT2D eigenvalue weighted by molar-refractivity contribution is 0.0655. The number of hydrogen-bond donors (Lipinski definition) is 0. The Morgan fingerprint density at radius 3 is 2.34 bits per heavy atom. The zero-order valence-electron chi connectivity index (χ0n) is 15.8. The summed E-state index contributed by atoms with van der Waals surface area (Å²) in [6, 6.07) is 14.6. The standard InChI is InChI=1S/C21H19N3O4S/c1-27-15-9-7-14(8-10-15)13-18-22-23-21(28-18)29-12-4-11-24-19(25)16-5-2-3-6-17(16)20(24)26/h2-3,5-10H,4,11-13H2,1H3. The number of ether oxygens (including phenoxy) is 1. The Morgan fingerprint density at radius 1 is 1.00 bits per heavy atom. The van der Waals surface area contributed by atoms with E-state index in [0.717, 1.165) is 11.3 Å². The summed E-state index contributed by atoms with van der Waals surface area (Å²) < 4.78 is 10.8. The molecule has 0 saturated carbocycles. The number of benzene rings is 2. The van der Waals surface area contributed by atoms with Crippen LogP contribution < -0.4 is 4.74 Å². The van der Waals surface area contributed by atoms with Crippen molar-refractivity contribution in [2.24, 2.45) is 0 Å². The summed E-state index contributed by atoms with van der Waals surface area (Å²) in [5.41, 5.74) is 2.01. The average molecular weight is 409 g/mol. The number of carbonyl (C=O) groups excluding carboxylic acids is 2. The molecule has 1 aromatic heterocycles. The highest BCUT2D eigenvalue weighted by molar-refractivity contribution is 7.99. The van der Waals surface area contributed by atoms with E-state index < -0.39 is 0 Å². The van der Waals surface area contributed by atoms with E-state index in [1.807, 2.05) is 24.3 Å². The van der Waals surface area contributed by atoms with Gasteiger partial charge in [-0.25, -0.2) is 0 Å². The van der Waals surface area contributed by atoms with Gasteiger partial charge in [0.05, 0.1) is 24.7 Å². The molecule has 0 spiro atoms. The van der Waals surface area contributed by atoms with Gasteiger partial charge in [0.2, 0.25) is 5.89 Å². The van der Waals surface area contributed by atoms with Gasteiger partial charge in [-0.15, -0.1) is 10.2 Å². The number of amides is 2. The molecule has 0 atom stereocenters. The minimum atomic E-state index is -0.227. The van der Waals surface area contributed by atoms with Gasteiger partial charge in [-0.3, -0.25) is 14.5 Å². The van der Waals surface area contributed by atoms with Crippen LogP contribution in [0.25, 0.3) is 0 Å². The molecule has 2 aromatic carbocycles. The zero-order chi connectivity index (χ0) is 20.2. The van der Waals surface area contributed by atoms with Crippen LogP contribution in [-0.4, -0.2) is 46.3 Å². The summed E-state index contributed by atoms with van der Waals surface area (Å²) in [5, 5.41) is 8.61. The lowest BCUT2D eigenvalue weighted by Gasteiger charge is -2.12. The van der Waals surface area contributed by atoms with Gasteiger partial charge in [-0.05, 0) is 36.2 Å². The van der Waals surface area contributed by atoms with Crippen molar-refractivity contribution >= 4 is 23.6 Å². The second-order valence-corrected chi connectivity index (χ2v) is 7.54. The summed E-state index contributed by atoms with van der Waals surface area (Å²) in [6.45, 7) is 0.367. The highest BCUT2D eigenvalue weighted by atomic mass is 32.2. The smallest absolute Gasteiger partial charge is 0.276 e. The Balaban J connectivity index is 1.25. The lowest BCUT2D eigenvalue weighted by atomic mass is 10.1. The molecule has 29 heavy (non-hydrogen) atoms. The Bertz CT molecular complexity index is 997. The third-order valence-electron chi connectivity index (χ3n) is 4.59. The zero-order valence-corrected chi connectivity index (χ0v) is 16.6. The summed E-state index contributed by atoms with van der Waals surface area (Å²) in [6.07, 6.45) is 1.19. The predicted molar refractivity (Wildman–Crippen MR) is 107 cm³/mol. The second kappa shape index (κ2) is 8.48. The fourth-order valence-corrected chi connectivity index (χ4v) is 3.81. The van der Waals surface area contributed by atoms with Crippen LogP contribution in [0.5, 0.6) is 5.75 Å². The number of fused-ring (bicyclic) bond motifs is 1. The van der Waals surface area contributed by atoms with Crippen molar-refractivity contribution in [1.29, 1.82) is 0 Å². The maximum Gasteiger partial charge on any atom is 0.276 e. The number of hydrogen-bond acceptors (Lipinski definition) is 7. The second-order valence-electron chi connectivity index (χ2n) is 6.50. The van der Waals surface area contributed by atoms with Crippen molar-refractivity contribution in [2.45, 2.75) is 18.1 Å². The molecule has 2 amide bonds. The molecule has 0 N–H and O–H groups in total. The van der Waals surface area contributed by atoms with Crippen LogP contribution in [0.4, 0.5) is 0 Å².